The number of thioether (sulfide) groups is 1. The lowest BCUT2D eigenvalue weighted by Crippen LogP contribution is -2.25. The van der Waals surface area contributed by atoms with Gasteiger partial charge in [0.2, 0.25) is 5.91 Å². The number of hydrogen-bond acceptors (Lipinski definition) is 2. The van der Waals surface area contributed by atoms with E-state index in [1.165, 1.54) is 36.1 Å². The topological polar surface area (TPSA) is 43.1 Å². The third-order valence-electron chi connectivity index (χ3n) is 4.34. The first kappa shape index (κ1) is 15.4. The van der Waals surface area contributed by atoms with Gasteiger partial charge in [-0.1, -0.05) is 26.3 Å². The molecular weight excluding hydrogens is 266 g/mol. The first-order valence-corrected chi connectivity index (χ1v) is 8.31. The van der Waals surface area contributed by atoms with Crippen LogP contribution in [0.15, 0.2) is 18.2 Å². The van der Waals surface area contributed by atoms with Gasteiger partial charge in [0.25, 0.3) is 0 Å². The molecule has 2 N–H and O–H groups in total. The van der Waals surface area contributed by atoms with Crippen molar-refractivity contribution in [2.24, 2.45) is 5.73 Å². The smallest absolute Gasteiger partial charge is 0.248 e. The second-order valence-electron chi connectivity index (χ2n) is 6.82. The minimum absolute atomic E-state index is 0.0163. The molecule has 1 aromatic carbocycles. The summed E-state index contributed by atoms with van der Waals surface area (Å²) in [4.78, 5) is 11.5. The molecule has 1 amide bonds. The van der Waals surface area contributed by atoms with Gasteiger partial charge in [0, 0.05) is 10.3 Å². The third-order valence-corrected chi connectivity index (χ3v) is 5.78. The summed E-state index contributed by atoms with van der Waals surface area (Å²) in [5, 5.41) is 0. The molecule has 0 radical (unpaired) electrons. The molecule has 0 aromatic heterocycles. The van der Waals surface area contributed by atoms with E-state index in [1.807, 2.05) is 23.9 Å². The second kappa shape index (κ2) is 5.44. The van der Waals surface area contributed by atoms with Crippen LogP contribution in [-0.2, 0) is 10.2 Å². The Hall–Kier alpha value is -0.960. The third kappa shape index (κ3) is 3.03. The quantitative estimate of drug-likeness (QED) is 0.842. The average molecular weight is 291 g/mol. The maximum atomic E-state index is 11.5. The molecule has 0 fully saturated rings. The van der Waals surface area contributed by atoms with Gasteiger partial charge in [0.05, 0.1) is 0 Å². The first-order valence-electron chi connectivity index (χ1n) is 7.33. The molecule has 0 spiro atoms. The van der Waals surface area contributed by atoms with Crippen molar-refractivity contribution in [1.82, 2.24) is 0 Å². The molecule has 3 heteroatoms. The van der Waals surface area contributed by atoms with Crippen LogP contribution in [0.3, 0.4) is 0 Å². The Kier molecular flexibility index (Phi) is 4.19. The summed E-state index contributed by atoms with van der Waals surface area (Å²) >= 11 is 1.98. The first-order chi connectivity index (χ1) is 9.24. The fraction of sp³-hybridized carbons (Fsp3) is 0.588. The van der Waals surface area contributed by atoms with Gasteiger partial charge >= 0.3 is 0 Å². The lowest BCUT2D eigenvalue weighted by Gasteiger charge is -2.33. The number of hydrogen-bond donors (Lipinski definition) is 1. The Bertz CT molecular complexity index is 520. The molecule has 2 rings (SSSR count). The van der Waals surface area contributed by atoms with E-state index >= 15 is 0 Å². The highest BCUT2D eigenvalue weighted by molar-refractivity contribution is 8.00. The summed E-state index contributed by atoms with van der Waals surface area (Å²) in [7, 11) is 0. The SMILES string of the molecule is CC1(C)CCCCSC(C)(C)c2cc(C(N)=O)ccc21. The van der Waals surface area contributed by atoms with Crippen molar-refractivity contribution < 1.29 is 4.79 Å². The van der Waals surface area contributed by atoms with Crippen LogP contribution in [0.5, 0.6) is 0 Å². The Morgan fingerprint density at radius 1 is 1.15 bits per heavy atom. The lowest BCUT2D eigenvalue weighted by molar-refractivity contribution is 0.1000. The highest BCUT2D eigenvalue weighted by Crippen LogP contribution is 2.44. The van der Waals surface area contributed by atoms with E-state index in [9.17, 15) is 4.79 Å². The summed E-state index contributed by atoms with van der Waals surface area (Å²) in [5.74, 6) is 0.829. The number of fused-ring (bicyclic) bond motifs is 1. The van der Waals surface area contributed by atoms with Crippen LogP contribution in [0.2, 0.25) is 0 Å². The molecule has 0 bridgehead atoms. The number of nitrogens with two attached hydrogens (primary N) is 1. The average Bonchev–Trinajstić information content (AvgIpc) is 2.40. The maximum absolute atomic E-state index is 11.5. The monoisotopic (exact) mass is 291 g/mol. The molecule has 1 aliphatic rings. The summed E-state index contributed by atoms with van der Waals surface area (Å²) in [6, 6.07) is 6.00. The molecule has 0 aliphatic carbocycles. The molecule has 0 unspecified atom stereocenters. The van der Waals surface area contributed by atoms with E-state index in [-0.39, 0.29) is 16.1 Å². The van der Waals surface area contributed by atoms with Crippen molar-refractivity contribution in [2.45, 2.75) is 57.1 Å². The molecule has 0 saturated heterocycles. The highest BCUT2D eigenvalue weighted by atomic mass is 32.2. The summed E-state index contributed by atoms with van der Waals surface area (Å²) in [6.45, 7) is 9.12. The van der Waals surface area contributed by atoms with Crippen LogP contribution in [0.4, 0.5) is 0 Å². The summed E-state index contributed by atoms with van der Waals surface area (Å²) in [5.41, 5.74) is 8.85. The van der Waals surface area contributed by atoms with Gasteiger partial charge in [-0.3, -0.25) is 4.79 Å². The fourth-order valence-electron chi connectivity index (χ4n) is 2.99. The molecule has 110 valence electrons. The normalized spacial score (nSPS) is 21.2. The van der Waals surface area contributed by atoms with Crippen molar-refractivity contribution in [3.8, 4) is 0 Å². The molecule has 2 nitrogen and oxygen atoms in total. The fourth-order valence-corrected chi connectivity index (χ4v) is 4.18. The van der Waals surface area contributed by atoms with Gasteiger partial charge in [-0.15, -0.1) is 0 Å². The standard InChI is InChI=1S/C17H25NOS/c1-16(2)9-5-6-10-20-17(3,4)14-11-12(15(18)19)7-8-13(14)16/h7-8,11H,5-6,9-10H2,1-4H3,(H2,18,19). The zero-order valence-corrected chi connectivity index (χ0v) is 13.8. The minimum atomic E-state index is -0.341. The molecular formula is C17H25NOS. The lowest BCUT2D eigenvalue weighted by atomic mass is 9.75. The van der Waals surface area contributed by atoms with Crippen molar-refractivity contribution in [2.75, 3.05) is 5.75 Å². The Balaban J connectivity index is 2.62. The van der Waals surface area contributed by atoms with Gasteiger partial charge in [-0.25, -0.2) is 0 Å². The van der Waals surface area contributed by atoms with Gasteiger partial charge in [0.15, 0.2) is 0 Å². The number of benzene rings is 1. The molecule has 20 heavy (non-hydrogen) atoms. The summed E-state index contributed by atoms with van der Waals surface area (Å²) in [6.07, 6.45) is 3.70. The van der Waals surface area contributed by atoms with Crippen LogP contribution in [0.25, 0.3) is 0 Å². The molecule has 0 atom stereocenters. The van der Waals surface area contributed by atoms with E-state index in [2.05, 4.69) is 33.8 Å². The highest BCUT2D eigenvalue weighted by Gasteiger charge is 2.32. The predicted molar refractivity (Wildman–Crippen MR) is 87.3 cm³/mol. The number of carbonyl (C=O) groups is 1. The van der Waals surface area contributed by atoms with E-state index in [0.717, 1.165) is 0 Å². The molecule has 1 heterocycles. The van der Waals surface area contributed by atoms with Gasteiger partial charge in [-0.2, -0.15) is 11.8 Å². The summed E-state index contributed by atoms with van der Waals surface area (Å²) < 4.78 is 0.0163. The number of carbonyl (C=O) groups excluding carboxylic acids is 1. The van der Waals surface area contributed by atoms with Crippen LogP contribution in [0.1, 0.15) is 68.4 Å². The van der Waals surface area contributed by atoms with E-state index in [0.29, 0.717) is 5.56 Å². The number of amides is 1. The van der Waals surface area contributed by atoms with Crippen LogP contribution < -0.4 is 5.73 Å². The van der Waals surface area contributed by atoms with Crippen molar-refractivity contribution >= 4 is 17.7 Å². The largest absolute Gasteiger partial charge is 0.366 e. The van der Waals surface area contributed by atoms with Gasteiger partial charge in [-0.05, 0) is 61.1 Å². The van der Waals surface area contributed by atoms with Crippen LogP contribution in [-0.4, -0.2) is 11.7 Å². The van der Waals surface area contributed by atoms with Crippen LogP contribution >= 0.6 is 11.8 Å². The van der Waals surface area contributed by atoms with Gasteiger partial charge < -0.3 is 5.73 Å². The predicted octanol–water partition coefficient (Wildman–Crippen LogP) is 4.22. The van der Waals surface area contributed by atoms with E-state index in [4.69, 9.17) is 5.73 Å². The minimum Gasteiger partial charge on any atom is -0.366 e. The molecule has 1 aliphatic heterocycles. The van der Waals surface area contributed by atoms with Crippen molar-refractivity contribution in [1.29, 1.82) is 0 Å². The van der Waals surface area contributed by atoms with Crippen LogP contribution in [0, 0.1) is 0 Å². The Morgan fingerprint density at radius 2 is 1.85 bits per heavy atom. The van der Waals surface area contributed by atoms with Crippen molar-refractivity contribution in [3.63, 3.8) is 0 Å². The Morgan fingerprint density at radius 3 is 2.50 bits per heavy atom. The van der Waals surface area contributed by atoms with E-state index < -0.39 is 0 Å². The Labute approximate surface area is 126 Å². The van der Waals surface area contributed by atoms with Crippen molar-refractivity contribution in [3.05, 3.63) is 34.9 Å². The van der Waals surface area contributed by atoms with E-state index in [1.54, 1.807) is 0 Å². The zero-order chi connectivity index (χ0) is 15.0. The number of rotatable bonds is 1. The maximum Gasteiger partial charge on any atom is 0.248 e. The molecule has 0 saturated carbocycles. The van der Waals surface area contributed by atoms with Gasteiger partial charge in [0.1, 0.15) is 0 Å². The zero-order valence-electron chi connectivity index (χ0n) is 13.0. The molecule has 1 aromatic rings. The number of primary amides is 1. The second-order valence-corrected chi connectivity index (χ2v) is 8.54.